The minimum absolute atomic E-state index is 0.0766. The maximum atomic E-state index is 13.5. The van der Waals surface area contributed by atoms with Crippen molar-refractivity contribution in [2.75, 3.05) is 29.6 Å². The lowest BCUT2D eigenvalue weighted by atomic mass is 10.1. The molecule has 10 heteroatoms. The fourth-order valence-electron chi connectivity index (χ4n) is 4.25. The molecule has 0 spiro atoms. The third-order valence-corrected chi connectivity index (χ3v) is 8.08. The number of anilines is 3. The number of thioether (sulfide) groups is 1. The van der Waals surface area contributed by atoms with E-state index in [2.05, 4.69) is 16.0 Å². The number of hydrogen-bond acceptors (Lipinski definition) is 6. The summed E-state index contributed by atoms with van der Waals surface area (Å²) in [6.07, 6.45) is 2.18. The Labute approximate surface area is 266 Å². The van der Waals surface area contributed by atoms with Crippen LogP contribution in [0.4, 0.5) is 17.1 Å². The largest absolute Gasteiger partial charge is 0.378 e. The van der Waals surface area contributed by atoms with Crippen LogP contribution in [-0.2, 0) is 9.59 Å². The average Bonchev–Trinajstić information content (AvgIpc) is 3.04. The first-order chi connectivity index (χ1) is 21.6. The van der Waals surface area contributed by atoms with E-state index in [1.807, 2.05) is 62.3 Å². The fourth-order valence-corrected chi connectivity index (χ4v) is 5.26. The number of rotatable bonds is 12. The van der Waals surface area contributed by atoms with Crippen molar-refractivity contribution in [3.8, 4) is 0 Å². The van der Waals surface area contributed by atoms with Crippen molar-refractivity contribution >= 4 is 58.5 Å². The number of nitrogens with zero attached hydrogens (tertiary/aromatic N) is 1. The lowest BCUT2D eigenvalue weighted by molar-refractivity contribution is -0.116. The van der Waals surface area contributed by atoms with E-state index in [1.54, 1.807) is 72.8 Å². The lowest BCUT2D eigenvalue weighted by Gasteiger charge is -2.16. The summed E-state index contributed by atoms with van der Waals surface area (Å²) in [5.41, 5.74) is 8.95. The van der Waals surface area contributed by atoms with Crippen LogP contribution in [0.5, 0.6) is 0 Å². The lowest BCUT2D eigenvalue weighted by Crippen LogP contribution is -2.30. The van der Waals surface area contributed by atoms with Crippen LogP contribution in [0.3, 0.4) is 0 Å². The number of nitrogens with one attached hydrogen (secondary N) is 3. The molecule has 5 N–H and O–H groups in total. The van der Waals surface area contributed by atoms with Crippen LogP contribution in [0, 0.1) is 0 Å². The maximum Gasteiger partial charge on any atom is 0.272 e. The number of amides is 4. The molecule has 4 amide bonds. The quantitative estimate of drug-likeness (QED) is 0.117. The Bertz CT molecular complexity index is 1690. The number of nitrogens with two attached hydrogens (primary N) is 1. The van der Waals surface area contributed by atoms with Crippen molar-refractivity contribution in [3.05, 3.63) is 126 Å². The molecule has 0 fully saturated rings. The highest BCUT2D eigenvalue weighted by Gasteiger charge is 2.20. The second kappa shape index (κ2) is 15.4. The minimum atomic E-state index is -0.540. The third kappa shape index (κ3) is 9.32. The molecule has 0 saturated carbocycles. The maximum absolute atomic E-state index is 13.5. The van der Waals surface area contributed by atoms with E-state index in [0.717, 1.165) is 16.1 Å². The predicted octanol–water partition coefficient (Wildman–Crippen LogP) is 5.77. The van der Waals surface area contributed by atoms with Crippen molar-refractivity contribution in [2.24, 2.45) is 5.73 Å². The molecule has 1 atom stereocenters. The van der Waals surface area contributed by atoms with E-state index in [1.165, 1.54) is 11.8 Å². The molecule has 1 unspecified atom stereocenters. The van der Waals surface area contributed by atoms with Crippen LogP contribution in [0.25, 0.3) is 6.08 Å². The van der Waals surface area contributed by atoms with Crippen molar-refractivity contribution in [1.29, 1.82) is 0 Å². The van der Waals surface area contributed by atoms with Crippen molar-refractivity contribution in [3.63, 3.8) is 0 Å². The molecular weight excluding hydrogens is 586 g/mol. The molecule has 45 heavy (non-hydrogen) atoms. The second-order valence-electron chi connectivity index (χ2n) is 10.3. The first kappa shape index (κ1) is 32.6. The summed E-state index contributed by atoms with van der Waals surface area (Å²) in [5, 5.41) is 8.10. The van der Waals surface area contributed by atoms with E-state index in [4.69, 9.17) is 5.73 Å². The molecule has 0 saturated heterocycles. The highest BCUT2D eigenvalue weighted by molar-refractivity contribution is 8.00. The topological polar surface area (TPSA) is 134 Å². The van der Waals surface area contributed by atoms with E-state index < -0.39 is 23.0 Å². The highest BCUT2D eigenvalue weighted by Crippen LogP contribution is 2.29. The fraction of sp³-hybridized carbons (Fsp3) is 0.143. The number of primary amides is 1. The zero-order chi connectivity index (χ0) is 32.3. The first-order valence-electron chi connectivity index (χ1n) is 14.3. The molecule has 9 nitrogen and oxygen atoms in total. The van der Waals surface area contributed by atoms with Gasteiger partial charge in [0.25, 0.3) is 11.8 Å². The Morgan fingerprint density at radius 2 is 1.49 bits per heavy atom. The molecule has 4 aromatic rings. The van der Waals surface area contributed by atoms with Crippen molar-refractivity contribution in [2.45, 2.75) is 23.5 Å². The van der Waals surface area contributed by atoms with Gasteiger partial charge in [-0.3, -0.25) is 19.2 Å². The Morgan fingerprint density at radius 3 is 2.11 bits per heavy atom. The van der Waals surface area contributed by atoms with E-state index in [0.29, 0.717) is 28.9 Å². The van der Waals surface area contributed by atoms with Gasteiger partial charge >= 0.3 is 0 Å². The zero-order valence-electron chi connectivity index (χ0n) is 25.2. The Morgan fingerprint density at radius 1 is 0.800 bits per heavy atom. The van der Waals surface area contributed by atoms with Gasteiger partial charge in [-0.25, -0.2) is 0 Å². The highest BCUT2D eigenvalue weighted by atomic mass is 32.2. The second-order valence-corrected chi connectivity index (χ2v) is 11.6. The summed E-state index contributed by atoms with van der Waals surface area (Å²) in [5.74, 6) is -1.64. The molecule has 0 heterocycles. The van der Waals surface area contributed by atoms with Gasteiger partial charge in [0.2, 0.25) is 11.8 Å². The molecular formula is C35H35N5O4S. The van der Waals surface area contributed by atoms with E-state index in [9.17, 15) is 19.2 Å². The van der Waals surface area contributed by atoms with Crippen LogP contribution in [-0.4, -0.2) is 43.0 Å². The van der Waals surface area contributed by atoms with Gasteiger partial charge in [0.1, 0.15) is 5.70 Å². The van der Waals surface area contributed by atoms with Gasteiger partial charge < -0.3 is 26.6 Å². The van der Waals surface area contributed by atoms with Crippen LogP contribution >= 0.6 is 11.8 Å². The SMILES string of the molecule is CCC(Sc1cccc(NC(=O)/C(=C\c2ccc(N(C)C)cc2)NC(=O)c2ccccc2)c1)C(=O)Nc1ccc(C(N)=O)cc1. The van der Waals surface area contributed by atoms with Crippen LogP contribution < -0.4 is 26.6 Å². The van der Waals surface area contributed by atoms with Gasteiger partial charge in [-0.2, -0.15) is 0 Å². The minimum Gasteiger partial charge on any atom is -0.378 e. The molecule has 230 valence electrons. The zero-order valence-corrected chi connectivity index (χ0v) is 26.1. The molecule has 0 aliphatic heterocycles. The van der Waals surface area contributed by atoms with Gasteiger partial charge in [-0.15, -0.1) is 11.8 Å². The molecule has 0 aliphatic carbocycles. The molecule has 4 aromatic carbocycles. The first-order valence-corrected chi connectivity index (χ1v) is 15.1. The van der Waals surface area contributed by atoms with Crippen LogP contribution in [0.15, 0.2) is 114 Å². The monoisotopic (exact) mass is 621 g/mol. The molecule has 0 radical (unpaired) electrons. The summed E-state index contributed by atoms with van der Waals surface area (Å²) in [4.78, 5) is 53.6. The standard InChI is InChI=1S/C35H35N5O4S/c1-4-31(35(44)37-26-17-15-24(16-18-26)32(36)41)45-29-12-8-11-27(22-29)38-34(43)30(39-33(42)25-9-6-5-7-10-25)21-23-13-19-28(20-14-23)40(2)3/h5-22,31H,4H2,1-3H3,(H2,36,41)(H,37,44)(H,38,43)(H,39,42)/b30-21+. The third-order valence-electron chi connectivity index (χ3n) is 6.72. The summed E-state index contributed by atoms with van der Waals surface area (Å²) in [6.45, 7) is 1.91. The summed E-state index contributed by atoms with van der Waals surface area (Å²) < 4.78 is 0. The average molecular weight is 622 g/mol. The van der Waals surface area contributed by atoms with Gasteiger partial charge in [-0.1, -0.05) is 43.3 Å². The van der Waals surface area contributed by atoms with Crippen molar-refractivity contribution in [1.82, 2.24) is 5.32 Å². The molecule has 4 rings (SSSR count). The molecule has 0 aliphatic rings. The predicted molar refractivity (Wildman–Crippen MR) is 181 cm³/mol. The smallest absolute Gasteiger partial charge is 0.272 e. The normalized spacial score (nSPS) is 11.7. The summed E-state index contributed by atoms with van der Waals surface area (Å²) in [6, 6.07) is 29.8. The van der Waals surface area contributed by atoms with Gasteiger partial charge in [-0.05, 0) is 84.8 Å². The van der Waals surface area contributed by atoms with Crippen LogP contribution in [0.2, 0.25) is 0 Å². The van der Waals surface area contributed by atoms with Gasteiger partial charge in [0.15, 0.2) is 0 Å². The Hall–Kier alpha value is -5.35. The molecule has 0 bridgehead atoms. The van der Waals surface area contributed by atoms with Gasteiger partial charge in [0, 0.05) is 47.2 Å². The van der Waals surface area contributed by atoms with E-state index >= 15 is 0 Å². The van der Waals surface area contributed by atoms with Crippen LogP contribution in [0.1, 0.15) is 39.6 Å². The molecule has 0 aromatic heterocycles. The van der Waals surface area contributed by atoms with Gasteiger partial charge in [0.05, 0.1) is 5.25 Å². The van der Waals surface area contributed by atoms with E-state index in [-0.39, 0.29) is 11.6 Å². The Kier molecular flexibility index (Phi) is 11.1. The summed E-state index contributed by atoms with van der Waals surface area (Å²) >= 11 is 1.36. The van der Waals surface area contributed by atoms with Crippen molar-refractivity contribution < 1.29 is 19.2 Å². The number of benzene rings is 4. The number of carbonyl (C=O) groups is 4. The summed E-state index contributed by atoms with van der Waals surface area (Å²) in [7, 11) is 3.88. The number of carbonyl (C=O) groups excluding carboxylic acids is 4. The number of hydrogen-bond donors (Lipinski definition) is 4. The Balaban J connectivity index is 1.49.